The van der Waals surface area contributed by atoms with Crippen molar-refractivity contribution in [3.8, 4) is 0 Å². The average molecular weight is 401 g/mol. The van der Waals surface area contributed by atoms with Crippen molar-refractivity contribution < 1.29 is 28.3 Å². The molecule has 0 aliphatic carbocycles. The minimum atomic E-state index is -1.26. The predicted octanol–water partition coefficient (Wildman–Crippen LogP) is 1.38. The maximum Gasteiger partial charge on any atom is 0.329 e. The van der Waals surface area contributed by atoms with Crippen LogP contribution in [0.3, 0.4) is 0 Å². The molecule has 0 radical (unpaired) electrons. The molecule has 0 aliphatic heterocycles. The molecule has 1 aromatic heterocycles. The van der Waals surface area contributed by atoms with Gasteiger partial charge in [0.1, 0.15) is 6.04 Å². The first kappa shape index (κ1) is 21.7. The number of benzene rings is 1. The summed E-state index contributed by atoms with van der Waals surface area (Å²) in [6, 6.07) is 9.85. The number of amides is 4. The Balaban J connectivity index is 2.18. The first-order valence-corrected chi connectivity index (χ1v) is 8.97. The highest BCUT2D eigenvalue weighted by Crippen LogP contribution is 2.12. The van der Waals surface area contributed by atoms with Gasteiger partial charge < -0.3 is 20.2 Å². The Bertz CT molecular complexity index is 848. The van der Waals surface area contributed by atoms with Crippen LogP contribution in [0.1, 0.15) is 30.0 Å². The molecule has 0 bridgehead atoms. The summed E-state index contributed by atoms with van der Waals surface area (Å²) in [7, 11) is 0. The Kier molecular flexibility index (Phi) is 7.53. The molecule has 2 aromatic rings. The van der Waals surface area contributed by atoms with Gasteiger partial charge in [0, 0.05) is 6.42 Å². The van der Waals surface area contributed by atoms with Gasteiger partial charge in [0.2, 0.25) is 0 Å². The molecule has 1 aromatic carbocycles. The van der Waals surface area contributed by atoms with Gasteiger partial charge in [-0.1, -0.05) is 44.2 Å². The van der Waals surface area contributed by atoms with Gasteiger partial charge in [-0.3, -0.25) is 14.9 Å². The molecule has 0 spiro atoms. The molecule has 9 heteroatoms. The maximum atomic E-state index is 12.8. The number of primary amides is 1. The molecule has 1 heterocycles. The van der Waals surface area contributed by atoms with E-state index in [0.717, 1.165) is 5.56 Å². The first-order chi connectivity index (χ1) is 13.8. The monoisotopic (exact) mass is 401 g/mol. The molecular weight excluding hydrogens is 378 g/mol. The van der Waals surface area contributed by atoms with E-state index in [0.29, 0.717) is 0 Å². The van der Waals surface area contributed by atoms with Gasteiger partial charge >= 0.3 is 12.0 Å². The van der Waals surface area contributed by atoms with Crippen molar-refractivity contribution in [3.05, 3.63) is 60.1 Å². The standard InChI is InChI=1S/C20H23N3O6/c1-12(2)16(18(25)23-20(21)27)29-19(26)14(11-13-7-4-3-5-8-13)22-17(24)15-9-6-10-28-15/h3-10,12,14,16H,11H2,1-2H3,(H,22,24)(H3,21,23,25,27)/t14-,16+/m0/s1. The van der Waals surface area contributed by atoms with Crippen LogP contribution in [0, 0.1) is 5.92 Å². The fraction of sp³-hybridized carbons (Fsp3) is 0.300. The fourth-order valence-corrected chi connectivity index (χ4v) is 2.57. The van der Waals surface area contributed by atoms with Crippen molar-refractivity contribution in [2.24, 2.45) is 11.7 Å². The lowest BCUT2D eigenvalue weighted by Gasteiger charge is -2.23. The van der Waals surface area contributed by atoms with Gasteiger partial charge in [0.05, 0.1) is 6.26 Å². The molecule has 154 valence electrons. The number of nitrogens with two attached hydrogens (primary N) is 1. The minimum absolute atomic E-state index is 0.0303. The third-order valence-electron chi connectivity index (χ3n) is 3.97. The summed E-state index contributed by atoms with van der Waals surface area (Å²) in [5.41, 5.74) is 5.74. The van der Waals surface area contributed by atoms with Crippen LogP contribution >= 0.6 is 0 Å². The first-order valence-electron chi connectivity index (χ1n) is 8.97. The third kappa shape index (κ3) is 6.49. The molecule has 0 saturated carbocycles. The van der Waals surface area contributed by atoms with Crippen LogP contribution in [0.2, 0.25) is 0 Å². The smallest absolute Gasteiger partial charge is 0.329 e. The Labute approximate surface area is 167 Å². The second-order valence-electron chi connectivity index (χ2n) is 6.65. The lowest BCUT2D eigenvalue weighted by Crippen LogP contribution is -2.49. The quantitative estimate of drug-likeness (QED) is 0.571. The van der Waals surface area contributed by atoms with E-state index in [1.54, 1.807) is 44.2 Å². The molecule has 2 atom stereocenters. The summed E-state index contributed by atoms with van der Waals surface area (Å²) in [4.78, 5) is 48.2. The lowest BCUT2D eigenvalue weighted by molar-refractivity contribution is -0.160. The highest BCUT2D eigenvalue weighted by atomic mass is 16.6. The van der Waals surface area contributed by atoms with E-state index >= 15 is 0 Å². The SMILES string of the molecule is CC(C)[C@@H](OC(=O)[C@H](Cc1ccccc1)NC(=O)c1ccco1)C(=O)NC(N)=O. The molecule has 29 heavy (non-hydrogen) atoms. The van der Waals surface area contributed by atoms with Crippen LogP contribution in [0.25, 0.3) is 0 Å². The number of furan rings is 1. The number of nitrogens with one attached hydrogen (secondary N) is 2. The largest absolute Gasteiger partial charge is 0.459 e. The number of carbonyl (C=O) groups is 4. The van der Waals surface area contributed by atoms with Crippen LogP contribution < -0.4 is 16.4 Å². The van der Waals surface area contributed by atoms with Gasteiger partial charge in [-0.15, -0.1) is 0 Å². The number of urea groups is 1. The molecule has 0 unspecified atom stereocenters. The summed E-state index contributed by atoms with van der Waals surface area (Å²) < 4.78 is 10.4. The van der Waals surface area contributed by atoms with Crippen molar-refractivity contribution in [2.45, 2.75) is 32.4 Å². The molecule has 4 amide bonds. The van der Waals surface area contributed by atoms with E-state index in [1.165, 1.54) is 12.3 Å². The maximum absolute atomic E-state index is 12.8. The average Bonchev–Trinajstić information content (AvgIpc) is 3.20. The Morgan fingerprint density at radius 3 is 2.31 bits per heavy atom. The Morgan fingerprint density at radius 2 is 1.76 bits per heavy atom. The molecule has 0 aliphatic rings. The summed E-state index contributed by atoms with van der Waals surface area (Å²) in [5.74, 6) is -2.67. The van der Waals surface area contributed by atoms with E-state index in [-0.39, 0.29) is 12.2 Å². The van der Waals surface area contributed by atoms with E-state index in [2.05, 4.69) is 5.32 Å². The third-order valence-corrected chi connectivity index (χ3v) is 3.97. The Morgan fingerprint density at radius 1 is 1.07 bits per heavy atom. The van der Waals surface area contributed by atoms with Crippen molar-refractivity contribution >= 4 is 23.8 Å². The Hall–Kier alpha value is -3.62. The molecule has 0 fully saturated rings. The normalized spacial score (nSPS) is 12.7. The van der Waals surface area contributed by atoms with Gasteiger partial charge in [-0.05, 0) is 23.6 Å². The summed E-state index contributed by atoms with van der Waals surface area (Å²) >= 11 is 0. The second-order valence-corrected chi connectivity index (χ2v) is 6.65. The summed E-state index contributed by atoms with van der Waals surface area (Å²) in [6.07, 6.45) is 0.213. The lowest BCUT2D eigenvalue weighted by atomic mass is 10.0. The number of imide groups is 1. The minimum Gasteiger partial charge on any atom is -0.459 e. The van der Waals surface area contributed by atoms with Crippen LogP contribution in [0.5, 0.6) is 0 Å². The molecular formula is C20H23N3O6. The van der Waals surface area contributed by atoms with E-state index in [4.69, 9.17) is 14.9 Å². The van der Waals surface area contributed by atoms with Crippen LogP contribution in [-0.2, 0) is 20.7 Å². The van der Waals surface area contributed by atoms with E-state index in [1.807, 2.05) is 11.4 Å². The predicted molar refractivity (Wildman–Crippen MR) is 103 cm³/mol. The topological polar surface area (TPSA) is 141 Å². The van der Waals surface area contributed by atoms with Gasteiger partial charge in [0.25, 0.3) is 11.8 Å². The molecule has 2 rings (SSSR count). The molecule has 9 nitrogen and oxygen atoms in total. The van der Waals surface area contributed by atoms with E-state index < -0.39 is 41.9 Å². The zero-order valence-corrected chi connectivity index (χ0v) is 16.1. The van der Waals surface area contributed by atoms with Crippen molar-refractivity contribution in [2.75, 3.05) is 0 Å². The zero-order valence-electron chi connectivity index (χ0n) is 16.1. The number of hydrogen-bond donors (Lipinski definition) is 3. The molecule has 4 N–H and O–H groups in total. The van der Waals surface area contributed by atoms with Gasteiger partial charge in [-0.2, -0.15) is 0 Å². The zero-order chi connectivity index (χ0) is 21.4. The number of carbonyl (C=O) groups excluding carboxylic acids is 4. The van der Waals surface area contributed by atoms with Gasteiger partial charge in [0.15, 0.2) is 11.9 Å². The highest BCUT2D eigenvalue weighted by molar-refractivity contribution is 5.98. The number of rotatable bonds is 8. The van der Waals surface area contributed by atoms with Crippen molar-refractivity contribution in [1.82, 2.24) is 10.6 Å². The number of esters is 1. The summed E-state index contributed by atoms with van der Waals surface area (Å²) in [5, 5.41) is 4.46. The molecule has 0 saturated heterocycles. The van der Waals surface area contributed by atoms with Crippen LogP contribution in [0.4, 0.5) is 4.79 Å². The highest BCUT2D eigenvalue weighted by Gasteiger charge is 2.32. The van der Waals surface area contributed by atoms with Crippen molar-refractivity contribution in [3.63, 3.8) is 0 Å². The number of hydrogen-bond acceptors (Lipinski definition) is 6. The van der Waals surface area contributed by atoms with E-state index in [9.17, 15) is 19.2 Å². The van der Waals surface area contributed by atoms with Crippen LogP contribution in [-0.4, -0.2) is 36.0 Å². The summed E-state index contributed by atoms with van der Waals surface area (Å²) in [6.45, 7) is 3.29. The number of ether oxygens (including phenoxy) is 1. The van der Waals surface area contributed by atoms with Crippen molar-refractivity contribution in [1.29, 1.82) is 0 Å². The fourth-order valence-electron chi connectivity index (χ4n) is 2.57. The van der Waals surface area contributed by atoms with Gasteiger partial charge in [-0.25, -0.2) is 9.59 Å². The van der Waals surface area contributed by atoms with Crippen LogP contribution in [0.15, 0.2) is 53.1 Å². The second kappa shape index (κ2) is 10.1.